The molecule has 2 heterocycles. The van der Waals surface area contributed by atoms with Gasteiger partial charge in [0.05, 0.1) is 25.1 Å². The molecule has 1 aromatic carbocycles. The SMILES string of the molecule is COc1ccc(C2=NO[C@H](CNc3nnc(C)c(C)c3C#N)C2)cc1. The molecule has 0 saturated carbocycles. The van der Waals surface area contributed by atoms with Crippen molar-refractivity contribution in [1.82, 2.24) is 10.2 Å². The van der Waals surface area contributed by atoms with Gasteiger partial charge in [0.15, 0.2) is 5.82 Å². The van der Waals surface area contributed by atoms with Crippen LogP contribution in [0.2, 0.25) is 0 Å². The lowest BCUT2D eigenvalue weighted by Gasteiger charge is -2.12. The maximum Gasteiger partial charge on any atom is 0.167 e. The Labute approximate surface area is 146 Å². The Kier molecular flexibility index (Phi) is 4.80. The van der Waals surface area contributed by atoms with E-state index in [-0.39, 0.29) is 6.10 Å². The van der Waals surface area contributed by atoms with E-state index >= 15 is 0 Å². The van der Waals surface area contributed by atoms with Crippen LogP contribution in [0.1, 0.15) is 28.8 Å². The molecule has 0 aliphatic carbocycles. The van der Waals surface area contributed by atoms with E-state index in [1.54, 1.807) is 7.11 Å². The minimum absolute atomic E-state index is 0.118. The van der Waals surface area contributed by atoms with Gasteiger partial charge in [-0.3, -0.25) is 0 Å². The number of anilines is 1. The van der Waals surface area contributed by atoms with Gasteiger partial charge in [-0.25, -0.2) is 0 Å². The second-order valence-corrected chi connectivity index (χ2v) is 5.82. The molecule has 0 amide bonds. The number of methoxy groups -OCH3 is 1. The maximum atomic E-state index is 9.33. The van der Waals surface area contributed by atoms with E-state index in [2.05, 4.69) is 26.7 Å². The monoisotopic (exact) mass is 337 g/mol. The first kappa shape index (κ1) is 16.7. The van der Waals surface area contributed by atoms with Gasteiger partial charge in [0.1, 0.15) is 23.5 Å². The van der Waals surface area contributed by atoms with E-state index in [0.717, 1.165) is 28.3 Å². The molecule has 7 nitrogen and oxygen atoms in total. The minimum Gasteiger partial charge on any atom is -0.497 e. The topological polar surface area (TPSA) is 92.4 Å². The van der Waals surface area contributed by atoms with Crippen molar-refractivity contribution in [2.45, 2.75) is 26.4 Å². The smallest absolute Gasteiger partial charge is 0.167 e. The van der Waals surface area contributed by atoms with Gasteiger partial charge < -0.3 is 14.9 Å². The summed E-state index contributed by atoms with van der Waals surface area (Å²) in [5.41, 5.74) is 4.00. The van der Waals surface area contributed by atoms with Crippen molar-refractivity contribution in [3.63, 3.8) is 0 Å². The third-order valence-corrected chi connectivity index (χ3v) is 4.22. The lowest BCUT2D eigenvalue weighted by molar-refractivity contribution is 0.0948. The van der Waals surface area contributed by atoms with E-state index < -0.39 is 0 Å². The lowest BCUT2D eigenvalue weighted by atomic mass is 10.0. The summed E-state index contributed by atoms with van der Waals surface area (Å²) in [6, 6.07) is 9.89. The first-order valence-electron chi connectivity index (χ1n) is 7.97. The number of nitrogens with one attached hydrogen (secondary N) is 1. The number of rotatable bonds is 5. The van der Waals surface area contributed by atoms with Crippen LogP contribution in [0.4, 0.5) is 5.82 Å². The second kappa shape index (κ2) is 7.18. The highest BCUT2D eigenvalue weighted by Gasteiger charge is 2.23. The molecule has 2 aromatic rings. The zero-order chi connectivity index (χ0) is 17.8. The fourth-order valence-electron chi connectivity index (χ4n) is 2.57. The molecule has 0 fully saturated rings. The summed E-state index contributed by atoms with van der Waals surface area (Å²) < 4.78 is 5.16. The molecule has 0 bridgehead atoms. The molecular weight excluding hydrogens is 318 g/mol. The first-order valence-corrected chi connectivity index (χ1v) is 7.97. The van der Waals surface area contributed by atoms with Crippen LogP contribution < -0.4 is 10.1 Å². The van der Waals surface area contributed by atoms with Crippen molar-refractivity contribution in [3.05, 3.63) is 46.6 Å². The summed E-state index contributed by atoms with van der Waals surface area (Å²) in [5.74, 6) is 1.28. The Morgan fingerprint density at radius 1 is 1.28 bits per heavy atom. The summed E-state index contributed by atoms with van der Waals surface area (Å²) >= 11 is 0. The largest absolute Gasteiger partial charge is 0.497 e. The highest BCUT2D eigenvalue weighted by atomic mass is 16.6. The third kappa shape index (κ3) is 3.53. The van der Waals surface area contributed by atoms with Crippen molar-refractivity contribution < 1.29 is 9.57 Å². The number of benzene rings is 1. The van der Waals surface area contributed by atoms with Crippen molar-refractivity contribution in [3.8, 4) is 11.8 Å². The van der Waals surface area contributed by atoms with Gasteiger partial charge in [0, 0.05) is 6.42 Å². The van der Waals surface area contributed by atoms with Gasteiger partial charge in [-0.05, 0) is 49.2 Å². The quantitative estimate of drug-likeness (QED) is 0.901. The molecule has 7 heteroatoms. The van der Waals surface area contributed by atoms with Gasteiger partial charge in [-0.15, -0.1) is 5.10 Å². The van der Waals surface area contributed by atoms with Crippen LogP contribution in [0.25, 0.3) is 0 Å². The lowest BCUT2D eigenvalue weighted by Crippen LogP contribution is -2.21. The predicted molar refractivity (Wildman–Crippen MR) is 93.7 cm³/mol. The Morgan fingerprint density at radius 2 is 2.04 bits per heavy atom. The van der Waals surface area contributed by atoms with E-state index in [4.69, 9.17) is 9.57 Å². The van der Waals surface area contributed by atoms with E-state index in [1.807, 2.05) is 38.1 Å². The van der Waals surface area contributed by atoms with Crippen LogP contribution in [0, 0.1) is 25.2 Å². The van der Waals surface area contributed by atoms with E-state index in [0.29, 0.717) is 24.3 Å². The Hall–Kier alpha value is -3.14. The predicted octanol–water partition coefficient (Wildman–Crippen LogP) is 2.58. The Balaban J connectivity index is 1.62. The normalized spacial score (nSPS) is 15.9. The molecule has 1 aliphatic rings. The molecule has 1 aromatic heterocycles. The van der Waals surface area contributed by atoms with Crippen LogP contribution in [0.15, 0.2) is 29.4 Å². The number of oxime groups is 1. The average Bonchev–Trinajstić information content (AvgIpc) is 3.12. The number of nitrogens with zero attached hydrogens (tertiary/aromatic N) is 4. The molecule has 0 spiro atoms. The van der Waals surface area contributed by atoms with Gasteiger partial charge in [0.25, 0.3) is 0 Å². The maximum absolute atomic E-state index is 9.33. The van der Waals surface area contributed by atoms with Crippen molar-refractivity contribution in [2.75, 3.05) is 19.0 Å². The average molecular weight is 337 g/mol. The molecular formula is C18H19N5O2. The van der Waals surface area contributed by atoms with Crippen LogP contribution >= 0.6 is 0 Å². The van der Waals surface area contributed by atoms with Gasteiger partial charge in [-0.2, -0.15) is 10.4 Å². The fraction of sp³-hybridized carbons (Fsp3) is 0.333. The second-order valence-electron chi connectivity index (χ2n) is 5.82. The van der Waals surface area contributed by atoms with E-state index in [1.165, 1.54) is 0 Å². The Morgan fingerprint density at radius 3 is 2.72 bits per heavy atom. The number of nitriles is 1. The zero-order valence-corrected chi connectivity index (χ0v) is 14.4. The van der Waals surface area contributed by atoms with Crippen molar-refractivity contribution in [2.24, 2.45) is 5.16 Å². The standard InChI is InChI=1S/C18H19N5O2/c1-11-12(2)21-22-18(16(11)9-19)20-10-15-8-17(23-25-15)13-4-6-14(24-3)7-5-13/h4-7,15H,8,10H2,1-3H3,(H,20,22)/t15-/m0/s1. The van der Waals surface area contributed by atoms with Gasteiger partial charge in [-0.1, -0.05) is 5.16 Å². The molecule has 25 heavy (non-hydrogen) atoms. The molecule has 0 radical (unpaired) electrons. The minimum atomic E-state index is -0.118. The number of hydrogen-bond acceptors (Lipinski definition) is 7. The van der Waals surface area contributed by atoms with Crippen LogP contribution in [0.5, 0.6) is 5.75 Å². The number of ether oxygens (including phenoxy) is 1. The molecule has 0 saturated heterocycles. The summed E-state index contributed by atoms with van der Waals surface area (Å²) in [6.45, 7) is 4.20. The number of aromatic nitrogens is 2. The molecule has 1 atom stereocenters. The zero-order valence-electron chi connectivity index (χ0n) is 14.4. The van der Waals surface area contributed by atoms with Crippen LogP contribution in [-0.2, 0) is 4.84 Å². The Bertz CT molecular complexity index is 840. The molecule has 1 aliphatic heterocycles. The first-order chi connectivity index (χ1) is 12.1. The number of hydrogen-bond donors (Lipinski definition) is 1. The number of aryl methyl sites for hydroxylation is 1. The summed E-state index contributed by atoms with van der Waals surface area (Å²) in [6.07, 6.45) is 0.562. The van der Waals surface area contributed by atoms with E-state index in [9.17, 15) is 5.26 Å². The van der Waals surface area contributed by atoms with Crippen LogP contribution in [0.3, 0.4) is 0 Å². The molecule has 0 unspecified atom stereocenters. The highest BCUT2D eigenvalue weighted by Crippen LogP contribution is 2.21. The molecule has 1 N–H and O–H groups in total. The fourth-order valence-corrected chi connectivity index (χ4v) is 2.57. The summed E-state index contributed by atoms with van der Waals surface area (Å²) in [7, 11) is 1.64. The van der Waals surface area contributed by atoms with Crippen molar-refractivity contribution >= 4 is 11.5 Å². The molecule has 3 rings (SSSR count). The molecule has 128 valence electrons. The summed E-state index contributed by atoms with van der Waals surface area (Å²) in [5, 5.41) is 24.8. The summed E-state index contributed by atoms with van der Waals surface area (Å²) in [4.78, 5) is 5.49. The highest BCUT2D eigenvalue weighted by molar-refractivity contribution is 6.01. The van der Waals surface area contributed by atoms with Gasteiger partial charge >= 0.3 is 0 Å². The van der Waals surface area contributed by atoms with Crippen molar-refractivity contribution in [1.29, 1.82) is 5.26 Å². The van der Waals surface area contributed by atoms with Crippen LogP contribution in [-0.4, -0.2) is 35.7 Å². The van der Waals surface area contributed by atoms with Gasteiger partial charge in [0.2, 0.25) is 0 Å². The third-order valence-electron chi connectivity index (χ3n) is 4.22.